The molecule has 0 saturated carbocycles. The van der Waals surface area contributed by atoms with Crippen LogP contribution in [-0.2, 0) is 25.7 Å². The van der Waals surface area contributed by atoms with Gasteiger partial charge in [0.15, 0.2) is 0 Å². The van der Waals surface area contributed by atoms with Crippen LogP contribution >= 0.6 is 0 Å². The van der Waals surface area contributed by atoms with Crippen molar-refractivity contribution in [2.75, 3.05) is 12.0 Å². The van der Waals surface area contributed by atoms with E-state index in [0.717, 1.165) is 5.46 Å². The van der Waals surface area contributed by atoms with E-state index in [1.165, 1.54) is 6.26 Å². The Morgan fingerprint density at radius 2 is 1.81 bits per heavy atom. The summed E-state index contributed by atoms with van der Waals surface area (Å²) >= 11 is 0. The number of rotatable bonds is 5. The lowest BCUT2D eigenvalue weighted by atomic mass is 9.82. The van der Waals surface area contributed by atoms with Crippen molar-refractivity contribution in [2.24, 2.45) is 0 Å². The summed E-state index contributed by atoms with van der Waals surface area (Å²) in [4.78, 5) is 0. The minimum Gasteiger partial charge on any atom is -0.399 e. The molecule has 1 fully saturated rings. The molecule has 0 aromatic carbocycles. The number of hydrogen-bond donors (Lipinski definition) is 0. The van der Waals surface area contributed by atoms with E-state index in [1.54, 1.807) is 10.9 Å². The van der Waals surface area contributed by atoms with Crippen molar-refractivity contribution in [1.82, 2.24) is 9.78 Å². The van der Waals surface area contributed by atoms with Crippen LogP contribution in [0.25, 0.3) is 0 Å². The molecule has 0 unspecified atom stereocenters. The van der Waals surface area contributed by atoms with Crippen molar-refractivity contribution in [2.45, 2.75) is 51.9 Å². The number of aromatic nitrogens is 2. The van der Waals surface area contributed by atoms with Crippen molar-refractivity contribution in [1.29, 1.82) is 0 Å². The molecule has 1 saturated heterocycles. The molecule has 1 aliphatic rings. The Morgan fingerprint density at radius 1 is 1.24 bits per heavy atom. The second kappa shape index (κ2) is 5.41. The Bertz CT molecular complexity index is 593. The highest BCUT2D eigenvalue weighted by Crippen LogP contribution is 2.36. The fourth-order valence-corrected chi connectivity index (χ4v) is 2.74. The van der Waals surface area contributed by atoms with E-state index in [9.17, 15) is 8.42 Å². The summed E-state index contributed by atoms with van der Waals surface area (Å²) in [5.74, 6) is 0.165. The maximum absolute atomic E-state index is 11.1. The molecule has 1 aromatic heterocycles. The van der Waals surface area contributed by atoms with Gasteiger partial charge in [-0.2, -0.15) is 5.10 Å². The Kier molecular flexibility index (Phi) is 4.25. The van der Waals surface area contributed by atoms with Gasteiger partial charge in [0, 0.05) is 30.7 Å². The van der Waals surface area contributed by atoms with Crippen molar-refractivity contribution in [3.8, 4) is 0 Å². The number of sulfone groups is 1. The molecule has 118 valence electrons. The third-order valence-corrected chi connectivity index (χ3v) is 5.11. The first kappa shape index (κ1) is 16.5. The van der Waals surface area contributed by atoms with E-state index in [-0.39, 0.29) is 17.0 Å². The third kappa shape index (κ3) is 3.87. The topological polar surface area (TPSA) is 70.4 Å². The van der Waals surface area contributed by atoms with Crippen molar-refractivity contribution in [3.05, 3.63) is 12.4 Å². The van der Waals surface area contributed by atoms with Gasteiger partial charge < -0.3 is 9.31 Å². The molecule has 0 amide bonds. The Balaban J connectivity index is 1.98. The van der Waals surface area contributed by atoms with Crippen LogP contribution in [0.2, 0.25) is 0 Å². The van der Waals surface area contributed by atoms with Gasteiger partial charge in [-0.1, -0.05) is 0 Å². The highest BCUT2D eigenvalue weighted by Gasteiger charge is 2.52. The van der Waals surface area contributed by atoms with Crippen LogP contribution in [0.15, 0.2) is 12.4 Å². The summed E-state index contributed by atoms with van der Waals surface area (Å²) in [6, 6.07) is 0. The maximum Gasteiger partial charge on any atom is 0.498 e. The van der Waals surface area contributed by atoms with Crippen molar-refractivity contribution >= 4 is 22.4 Å². The van der Waals surface area contributed by atoms with Gasteiger partial charge in [-0.15, -0.1) is 0 Å². The molecule has 1 aromatic rings. The Hall–Kier alpha value is -0.855. The summed E-state index contributed by atoms with van der Waals surface area (Å²) in [6.07, 6.45) is 5.35. The summed E-state index contributed by atoms with van der Waals surface area (Å²) in [5, 5.41) is 4.24. The molecule has 6 nitrogen and oxygen atoms in total. The van der Waals surface area contributed by atoms with Crippen LogP contribution < -0.4 is 5.46 Å². The molecule has 8 heteroatoms. The van der Waals surface area contributed by atoms with Gasteiger partial charge in [0.2, 0.25) is 0 Å². The van der Waals surface area contributed by atoms with Gasteiger partial charge in [-0.25, -0.2) is 8.42 Å². The highest BCUT2D eigenvalue weighted by atomic mass is 32.2. The molecule has 0 spiro atoms. The van der Waals surface area contributed by atoms with Crippen LogP contribution in [-0.4, -0.2) is 48.5 Å². The standard InChI is InChI=1S/C13H23BN2O4S/c1-12(2)13(3,4)20-14(19-12)11-9-15-16(10-11)7-6-8-21(5,17)18/h9-10H,6-8H2,1-5H3. The van der Waals surface area contributed by atoms with Crippen molar-refractivity contribution < 1.29 is 17.7 Å². The van der Waals surface area contributed by atoms with Gasteiger partial charge in [0.1, 0.15) is 9.84 Å². The average molecular weight is 314 g/mol. The van der Waals surface area contributed by atoms with E-state index in [2.05, 4.69) is 5.10 Å². The largest absolute Gasteiger partial charge is 0.498 e. The van der Waals surface area contributed by atoms with E-state index < -0.39 is 17.0 Å². The lowest BCUT2D eigenvalue weighted by Crippen LogP contribution is -2.41. The molecule has 21 heavy (non-hydrogen) atoms. The maximum atomic E-state index is 11.1. The zero-order valence-corrected chi connectivity index (χ0v) is 14.1. The zero-order chi connectivity index (χ0) is 15.9. The van der Waals surface area contributed by atoms with E-state index in [4.69, 9.17) is 9.31 Å². The zero-order valence-electron chi connectivity index (χ0n) is 13.3. The minimum atomic E-state index is -2.92. The van der Waals surface area contributed by atoms with Crippen LogP contribution in [0.1, 0.15) is 34.1 Å². The van der Waals surface area contributed by atoms with Crippen LogP contribution in [0.5, 0.6) is 0 Å². The number of nitrogens with zero attached hydrogens (tertiary/aromatic N) is 2. The van der Waals surface area contributed by atoms with Gasteiger partial charge in [0.25, 0.3) is 0 Å². The van der Waals surface area contributed by atoms with E-state index in [1.807, 2.05) is 33.9 Å². The summed E-state index contributed by atoms with van der Waals surface area (Å²) in [6.45, 7) is 8.58. The smallest absolute Gasteiger partial charge is 0.399 e. The van der Waals surface area contributed by atoms with Gasteiger partial charge >= 0.3 is 7.12 Å². The van der Waals surface area contributed by atoms with Gasteiger partial charge in [-0.05, 0) is 34.1 Å². The molecule has 0 bridgehead atoms. The van der Waals surface area contributed by atoms with Crippen LogP contribution in [0.4, 0.5) is 0 Å². The predicted octanol–water partition coefficient (Wildman–Crippen LogP) is 0.617. The monoisotopic (exact) mass is 314 g/mol. The Labute approximate surface area is 126 Å². The first-order valence-corrected chi connectivity index (χ1v) is 9.12. The summed E-state index contributed by atoms with van der Waals surface area (Å²) in [5.41, 5.74) is 0.0968. The lowest BCUT2D eigenvalue weighted by Gasteiger charge is -2.32. The first-order chi connectivity index (χ1) is 9.50. The second-order valence-electron chi connectivity index (χ2n) is 6.61. The minimum absolute atomic E-state index is 0.165. The second-order valence-corrected chi connectivity index (χ2v) is 8.87. The van der Waals surface area contributed by atoms with E-state index in [0.29, 0.717) is 13.0 Å². The first-order valence-electron chi connectivity index (χ1n) is 7.06. The van der Waals surface area contributed by atoms with Crippen LogP contribution in [0.3, 0.4) is 0 Å². The lowest BCUT2D eigenvalue weighted by molar-refractivity contribution is 0.00578. The molecule has 0 aliphatic carbocycles. The fourth-order valence-electron chi connectivity index (χ4n) is 2.09. The Morgan fingerprint density at radius 3 is 2.33 bits per heavy atom. The molecule has 0 atom stereocenters. The quantitative estimate of drug-likeness (QED) is 0.745. The molecular formula is C13H23BN2O4S. The average Bonchev–Trinajstić information content (AvgIpc) is 2.81. The molecular weight excluding hydrogens is 291 g/mol. The molecule has 1 aliphatic heterocycles. The molecule has 2 heterocycles. The fraction of sp³-hybridized carbons (Fsp3) is 0.769. The normalized spacial score (nSPS) is 20.9. The SMILES string of the molecule is CC1(C)OB(c2cnn(CCCS(C)(=O)=O)c2)OC1(C)C. The molecule has 0 radical (unpaired) electrons. The highest BCUT2D eigenvalue weighted by molar-refractivity contribution is 7.90. The third-order valence-electron chi connectivity index (χ3n) is 4.08. The number of aryl methyl sites for hydroxylation is 1. The predicted molar refractivity (Wildman–Crippen MR) is 82.3 cm³/mol. The molecule has 0 N–H and O–H groups in total. The summed E-state index contributed by atoms with van der Waals surface area (Å²) < 4.78 is 35.8. The van der Waals surface area contributed by atoms with Crippen LogP contribution in [0, 0.1) is 0 Å². The van der Waals surface area contributed by atoms with Gasteiger partial charge in [0.05, 0.1) is 17.0 Å². The van der Waals surface area contributed by atoms with Gasteiger partial charge in [-0.3, -0.25) is 4.68 Å². The molecule has 2 rings (SSSR count). The summed E-state index contributed by atoms with van der Waals surface area (Å²) in [7, 11) is -3.36. The number of hydrogen-bond acceptors (Lipinski definition) is 5. The van der Waals surface area contributed by atoms with Crippen molar-refractivity contribution in [3.63, 3.8) is 0 Å². The van der Waals surface area contributed by atoms with E-state index >= 15 is 0 Å².